The molecule has 3 nitrogen and oxygen atoms in total. The summed E-state index contributed by atoms with van der Waals surface area (Å²) in [7, 11) is 0. The van der Waals surface area contributed by atoms with Crippen molar-refractivity contribution in [3.8, 4) is 0 Å². The normalized spacial score (nSPS) is 17.7. The van der Waals surface area contributed by atoms with Gasteiger partial charge in [0.15, 0.2) is 0 Å². The molecular formula is C15H21FN2O. The molecule has 19 heavy (non-hydrogen) atoms. The number of carbonyl (C=O) groups excluding carboxylic acids is 1. The zero-order valence-corrected chi connectivity index (χ0v) is 11.5. The minimum atomic E-state index is -0.867. The zero-order valence-electron chi connectivity index (χ0n) is 11.5. The second-order valence-corrected chi connectivity index (χ2v) is 6.05. The van der Waals surface area contributed by atoms with Crippen LogP contribution in [0.5, 0.6) is 0 Å². The molecule has 104 valence electrons. The molecule has 1 aliphatic rings. The standard InChI is InChI=1S/C15H21FN2O/c1-14(2,17)13(19)18-10-15(8-3-9-15)11-4-6-12(16)7-5-11/h4-7H,3,8-10,17H2,1-2H3,(H,18,19). The van der Waals surface area contributed by atoms with E-state index in [2.05, 4.69) is 5.32 Å². The van der Waals surface area contributed by atoms with Crippen LogP contribution in [0.15, 0.2) is 24.3 Å². The predicted octanol–water partition coefficient (Wildman–Crippen LogP) is 2.10. The maximum atomic E-state index is 13.0. The first kappa shape index (κ1) is 14.0. The van der Waals surface area contributed by atoms with Crippen LogP contribution in [0.25, 0.3) is 0 Å². The summed E-state index contributed by atoms with van der Waals surface area (Å²) in [6, 6.07) is 6.58. The molecule has 1 aliphatic carbocycles. The predicted molar refractivity (Wildman–Crippen MR) is 73.2 cm³/mol. The van der Waals surface area contributed by atoms with Gasteiger partial charge in [0.25, 0.3) is 0 Å². The van der Waals surface area contributed by atoms with Gasteiger partial charge in [-0.3, -0.25) is 4.79 Å². The van der Waals surface area contributed by atoms with E-state index in [0.29, 0.717) is 6.54 Å². The van der Waals surface area contributed by atoms with Crippen LogP contribution in [0.3, 0.4) is 0 Å². The van der Waals surface area contributed by atoms with Gasteiger partial charge < -0.3 is 11.1 Å². The molecule has 0 unspecified atom stereocenters. The van der Waals surface area contributed by atoms with Gasteiger partial charge in [0.1, 0.15) is 5.82 Å². The number of halogens is 1. The molecule has 1 saturated carbocycles. The summed E-state index contributed by atoms with van der Waals surface area (Å²) in [5.74, 6) is -0.383. The van der Waals surface area contributed by atoms with Gasteiger partial charge in [0.05, 0.1) is 5.54 Å². The van der Waals surface area contributed by atoms with Crippen LogP contribution in [-0.2, 0) is 10.2 Å². The van der Waals surface area contributed by atoms with Crippen molar-refractivity contribution in [3.63, 3.8) is 0 Å². The second-order valence-electron chi connectivity index (χ2n) is 6.05. The molecule has 0 aliphatic heterocycles. The van der Waals surface area contributed by atoms with Crippen LogP contribution in [0.1, 0.15) is 38.7 Å². The Kier molecular flexibility index (Phi) is 3.63. The summed E-state index contributed by atoms with van der Waals surface area (Å²) in [5.41, 5.74) is 5.94. The van der Waals surface area contributed by atoms with Crippen molar-refractivity contribution in [2.24, 2.45) is 5.73 Å². The Morgan fingerprint density at radius 3 is 2.37 bits per heavy atom. The molecule has 0 atom stereocenters. The van der Waals surface area contributed by atoms with Crippen molar-refractivity contribution in [1.82, 2.24) is 5.32 Å². The van der Waals surface area contributed by atoms with Crippen molar-refractivity contribution in [2.75, 3.05) is 6.54 Å². The van der Waals surface area contributed by atoms with E-state index in [4.69, 9.17) is 5.73 Å². The first-order valence-electron chi connectivity index (χ1n) is 6.67. The summed E-state index contributed by atoms with van der Waals surface area (Å²) in [6.45, 7) is 3.94. The largest absolute Gasteiger partial charge is 0.354 e. The molecule has 0 bridgehead atoms. The zero-order chi connectivity index (χ0) is 14.1. The van der Waals surface area contributed by atoms with Gasteiger partial charge in [-0.2, -0.15) is 0 Å². The third-order valence-electron chi connectivity index (χ3n) is 3.94. The third kappa shape index (κ3) is 2.95. The van der Waals surface area contributed by atoms with Crippen LogP contribution in [0.2, 0.25) is 0 Å². The lowest BCUT2D eigenvalue weighted by Gasteiger charge is -2.43. The Morgan fingerprint density at radius 1 is 1.37 bits per heavy atom. The Hall–Kier alpha value is -1.42. The Balaban J connectivity index is 2.07. The van der Waals surface area contributed by atoms with E-state index in [1.54, 1.807) is 13.8 Å². The van der Waals surface area contributed by atoms with Crippen molar-refractivity contribution < 1.29 is 9.18 Å². The number of hydrogen-bond acceptors (Lipinski definition) is 2. The number of hydrogen-bond donors (Lipinski definition) is 2. The lowest BCUT2D eigenvalue weighted by molar-refractivity contribution is -0.125. The summed E-state index contributed by atoms with van der Waals surface area (Å²) >= 11 is 0. The molecule has 0 radical (unpaired) electrons. The maximum Gasteiger partial charge on any atom is 0.239 e. The lowest BCUT2D eigenvalue weighted by Crippen LogP contribution is -2.53. The van der Waals surface area contributed by atoms with Gasteiger partial charge in [-0.1, -0.05) is 18.6 Å². The molecule has 3 N–H and O–H groups in total. The van der Waals surface area contributed by atoms with Crippen molar-refractivity contribution in [2.45, 2.75) is 44.1 Å². The van der Waals surface area contributed by atoms with Gasteiger partial charge in [0.2, 0.25) is 5.91 Å². The highest BCUT2D eigenvalue weighted by atomic mass is 19.1. The lowest BCUT2D eigenvalue weighted by atomic mass is 9.64. The van der Waals surface area contributed by atoms with Crippen molar-refractivity contribution >= 4 is 5.91 Å². The van der Waals surface area contributed by atoms with Gasteiger partial charge in [-0.25, -0.2) is 4.39 Å². The van der Waals surface area contributed by atoms with Crippen LogP contribution < -0.4 is 11.1 Å². The minimum Gasteiger partial charge on any atom is -0.354 e. The average molecular weight is 264 g/mol. The van der Waals surface area contributed by atoms with E-state index in [0.717, 1.165) is 24.8 Å². The summed E-state index contributed by atoms with van der Waals surface area (Å²) in [5, 5.41) is 2.92. The van der Waals surface area contributed by atoms with E-state index >= 15 is 0 Å². The van der Waals surface area contributed by atoms with Crippen LogP contribution in [0, 0.1) is 5.82 Å². The Labute approximate surface area is 113 Å². The first-order valence-corrected chi connectivity index (χ1v) is 6.67. The molecule has 2 rings (SSSR count). The van der Waals surface area contributed by atoms with Crippen LogP contribution >= 0.6 is 0 Å². The fourth-order valence-corrected chi connectivity index (χ4v) is 2.45. The Bertz CT molecular complexity index is 458. The van der Waals surface area contributed by atoms with E-state index in [9.17, 15) is 9.18 Å². The van der Waals surface area contributed by atoms with Gasteiger partial charge in [-0.15, -0.1) is 0 Å². The third-order valence-corrected chi connectivity index (χ3v) is 3.94. The summed E-state index contributed by atoms with van der Waals surface area (Å²) < 4.78 is 13.0. The number of nitrogens with two attached hydrogens (primary N) is 1. The number of amides is 1. The highest BCUT2D eigenvalue weighted by Gasteiger charge is 2.39. The number of benzene rings is 1. The molecule has 4 heteroatoms. The highest BCUT2D eigenvalue weighted by molar-refractivity contribution is 5.85. The molecule has 1 amide bonds. The highest BCUT2D eigenvalue weighted by Crippen LogP contribution is 2.43. The molecule has 1 aromatic carbocycles. The smallest absolute Gasteiger partial charge is 0.239 e. The number of rotatable bonds is 4. The fourth-order valence-electron chi connectivity index (χ4n) is 2.45. The molecular weight excluding hydrogens is 243 g/mol. The first-order chi connectivity index (χ1) is 8.83. The number of nitrogens with one attached hydrogen (secondary N) is 1. The SMILES string of the molecule is CC(C)(N)C(=O)NCC1(c2ccc(F)cc2)CCC1. The topological polar surface area (TPSA) is 55.1 Å². The van der Waals surface area contributed by atoms with E-state index in [-0.39, 0.29) is 17.1 Å². The second kappa shape index (κ2) is 4.93. The van der Waals surface area contributed by atoms with Gasteiger partial charge in [-0.05, 0) is 44.4 Å². The molecule has 1 aromatic rings. The van der Waals surface area contributed by atoms with E-state index in [1.165, 1.54) is 12.1 Å². The van der Waals surface area contributed by atoms with Crippen molar-refractivity contribution in [3.05, 3.63) is 35.6 Å². The summed E-state index contributed by atoms with van der Waals surface area (Å²) in [4.78, 5) is 11.8. The van der Waals surface area contributed by atoms with Crippen LogP contribution in [0.4, 0.5) is 4.39 Å². The Morgan fingerprint density at radius 2 is 1.95 bits per heavy atom. The number of carbonyl (C=O) groups is 1. The van der Waals surface area contributed by atoms with E-state index < -0.39 is 5.54 Å². The van der Waals surface area contributed by atoms with Crippen molar-refractivity contribution in [1.29, 1.82) is 0 Å². The van der Waals surface area contributed by atoms with Crippen LogP contribution in [-0.4, -0.2) is 18.0 Å². The monoisotopic (exact) mass is 264 g/mol. The van der Waals surface area contributed by atoms with Gasteiger partial charge >= 0.3 is 0 Å². The molecule has 0 spiro atoms. The molecule has 0 aromatic heterocycles. The maximum absolute atomic E-state index is 13.0. The molecule has 1 fully saturated rings. The summed E-state index contributed by atoms with van der Waals surface area (Å²) in [6.07, 6.45) is 3.17. The molecule has 0 saturated heterocycles. The minimum absolute atomic E-state index is 0.0470. The quantitative estimate of drug-likeness (QED) is 0.875. The van der Waals surface area contributed by atoms with Gasteiger partial charge in [0, 0.05) is 12.0 Å². The van der Waals surface area contributed by atoms with E-state index in [1.807, 2.05) is 12.1 Å². The average Bonchev–Trinajstić information content (AvgIpc) is 2.28. The molecule has 0 heterocycles. The fraction of sp³-hybridized carbons (Fsp3) is 0.533.